The van der Waals surface area contributed by atoms with E-state index in [0.717, 1.165) is 46.3 Å². The van der Waals surface area contributed by atoms with Gasteiger partial charge >= 0.3 is 0 Å². The number of nitrogens with one attached hydrogen (secondary N) is 2. The fraction of sp³-hybridized carbons (Fsp3) is 0.147. The molecule has 2 amide bonds. The molecule has 0 saturated carbocycles. The van der Waals surface area contributed by atoms with Crippen LogP contribution in [0.15, 0.2) is 125 Å². The topological polar surface area (TPSA) is 73.8 Å². The van der Waals surface area contributed by atoms with Crippen LogP contribution >= 0.6 is 11.8 Å². The van der Waals surface area contributed by atoms with Gasteiger partial charge in [0, 0.05) is 29.2 Å². The number of carbonyl (C=O) groups excluding carboxylic acids is 2. The van der Waals surface area contributed by atoms with Crippen molar-refractivity contribution in [2.45, 2.75) is 19.4 Å². The van der Waals surface area contributed by atoms with Crippen molar-refractivity contribution in [3.63, 3.8) is 0 Å². The van der Waals surface area contributed by atoms with E-state index in [1.54, 1.807) is 11.8 Å². The first-order valence-corrected chi connectivity index (χ1v) is 14.7. The summed E-state index contributed by atoms with van der Waals surface area (Å²) in [6.07, 6.45) is 1.00. The minimum Gasteiger partial charge on any atom is -0.340 e. The lowest BCUT2D eigenvalue weighted by Gasteiger charge is -2.41. The van der Waals surface area contributed by atoms with Crippen molar-refractivity contribution in [1.82, 2.24) is 4.90 Å². The second-order valence-electron chi connectivity index (χ2n) is 10.0. The molecule has 41 heavy (non-hydrogen) atoms. The highest BCUT2D eigenvalue weighted by molar-refractivity contribution is 8.13. The van der Waals surface area contributed by atoms with Gasteiger partial charge in [0.15, 0.2) is 5.17 Å². The smallest absolute Gasteiger partial charge is 0.255 e. The lowest BCUT2D eigenvalue weighted by atomic mass is 9.93. The summed E-state index contributed by atoms with van der Waals surface area (Å²) in [6, 6.07) is 34.6. The van der Waals surface area contributed by atoms with Crippen molar-refractivity contribution in [2.24, 2.45) is 4.99 Å². The standard InChI is InChI=1S/C34H30N4O2S/c1-23-30(33(40)36-28-13-6-3-7-14-28)31(38-20-9-21-41-34(38)35-23)27-12-8-15-29(22-27)37-32(39)26-18-16-25(17-19-26)24-10-4-2-5-11-24/h2-8,10-19,22,31H,9,20-21H2,1H3,(H,36,40)(H,37,39). The molecule has 6 rings (SSSR count). The molecule has 4 aromatic rings. The van der Waals surface area contributed by atoms with Crippen molar-refractivity contribution in [3.8, 4) is 11.1 Å². The molecule has 204 valence electrons. The van der Waals surface area contributed by atoms with Crippen LogP contribution < -0.4 is 10.6 Å². The third kappa shape index (κ3) is 5.81. The summed E-state index contributed by atoms with van der Waals surface area (Å²) in [4.78, 5) is 33.9. The Hall–Kier alpha value is -4.62. The van der Waals surface area contributed by atoms with Gasteiger partial charge in [-0.2, -0.15) is 0 Å². The maximum absolute atomic E-state index is 13.7. The molecule has 2 aliphatic rings. The van der Waals surface area contributed by atoms with Crippen LogP contribution in [-0.4, -0.2) is 34.2 Å². The molecule has 7 heteroatoms. The summed E-state index contributed by atoms with van der Waals surface area (Å²) in [5, 5.41) is 7.04. The van der Waals surface area contributed by atoms with E-state index >= 15 is 0 Å². The van der Waals surface area contributed by atoms with Crippen LogP contribution in [0, 0.1) is 0 Å². The first-order valence-electron chi connectivity index (χ1n) is 13.7. The van der Waals surface area contributed by atoms with Crippen LogP contribution in [0.2, 0.25) is 0 Å². The minimum atomic E-state index is -0.318. The number of hydrogen-bond donors (Lipinski definition) is 2. The van der Waals surface area contributed by atoms with Crippen molar-refractivity contribution >= 4 is 40.1 Å². The molecule has 2 N–H and O–H groups in total. The largest absolute Gasteiger partial charge is 0.340 e. The van der Waals surface area contributed by atoms with Gasteiger partial charge < -0.3 is 15.5 Å². The summed E-state index contributed by atoms with van der Waals surface area (Å²) in [5.41, 5.74) is 6.39. The van der Waals surface area contributed by atoms with Crippen molar-refractivity contribution < 1.29 is 9.59 Å². The third-order valence-corrected chi connectivity index (χ3v) is 8.33. The predicted molar refractivity (Wildman–Crippen MR) is 168 cm³/mol. The van der Waals surface area contributed by atoms with E-state index in [4.69, 9.17) is 4.99 Å². The van der Waals surface area contributed by atoms with Crippen LogP contribution in [0.4, 0.5) is 11.4 Å². The van der Waals surface area contributed by atoms with Crippen LogP contribution in [0.3, 0.4) is 0 Å². The Morgan fingerprint density at radius 3 is 2.20 bits per heavy atom. The Labute approximate surface area is 244 Å². The van der Waals surface area contributed by atoms with Gasteiger partial charge in [0.1, 0.15) is 0 Å². The molecule has 0 aromatic heterocycles. The zero-order valence-electron chi connectivity index (χ0n) is 22.7. The molecule has 4 aromatic carbocycles. The normalized spacial score (nSPS) is 16.5. The maximum atomic E-state index is 13.7. The SMILES string of the molecule is CC1=C(C(=O)Nc2ccccc2)C(c2cccc(NC(=O)c3ccc(-c4ccccc4)cc3)c2)N2CCCSC2=N1. The Morgan fingerprint density at radius 2 is 1.44 bits per heavy atom. The lowest BCUT2D eigenvalue weighted by Crippen LogP contribution is -2.43. The first-order chi connectivity index (χ1) is 20.1. The number of hydrogen-bond acceptors (Lipinski definition) is 5. The zero-order valence-corrected chi connectivity index (χ0v) is 23.5. The van der Waals surface area contributed by atoms with Gasteiger partial charge in [-0.05, 0) is 66.4 Å². The summed E-state index contributed by atoms with van der Waals surface area (Å²) >= 11 is 1.72. The van der Waals surface area contributed by atoms with Gasteiger partial charge in [0.05, 0.1) is 17.3 Å². The molecule has 1 atom stereocenters. The molecular formula is C34H30N4O2S. The predicted octanol–water partition coefficient (Wildman–Crippen LogP) is 7.37. The fourth-order valence-corrected chi connectivity index (χ4v) is 6.28. The number of thioether (sulfide) groups is 1. The third-order valence-electron chi connectivity index (χ3n) is 7.25. The Morgan fingerprint density at radius 1 is 0.780 bits per heavy atom. The van der Waals surface area contributed by atoms with E-state index in [2.05, 4.69) is 15.5 Å². The van der Waals surface area contributed by atoms with Crippen LogP contribution in [-0.2, 0) is 4.79 Å². The number of fused-ring (bicyclic) bond motifs is 1. The Balaban J connectivity index is 1.27. The minimum absolute atomic E-state index is 0.176. The summed E-state index contributed by atoms with van der Waals surface area (Å²) in [7, 11) is 0. The van der Waals surface area contributed by atoms with Gasteiger partial charge in [-0.1, -0.05) is 84.6 Å². The van der Waals surface area contributed by atoms with Crippen molar-refractivity contribution in [1.29, 1.82) is 0 Å². The maximum Gasteiger partial charge on any atom is 0.255 e. The van der Waals surface area contributed by atoms with E-state index in [1.165, 1.54) is 0 Å². The molecule has 1 saturated heterocycles. The Bertz CT molecular complexity index is 1630. The van der Waals surface area contributed by atoms with Gasteiger partial charge in [-0.25, -0.2) is 4.99 Å². The quantitative estimate of drug-likeness (QED) is 0.259. The number of anilines is 2. The number of aliphatic imine (C=N–C) groups is 1. The highest BCUT2D eigenvalue weighted by atomic mass is 32.2. The number of amidine groups is 1. The van der Waals surface area contributed by atoms with Crippen molar-refractivity contribution in [2.75, 3.05) is 22.9 Å². The van der Waals surface area contributed by atoms with E-state index in [1.807, 2.05) is 116 Å². The first kappa shape index (κ1) is 26.6. The summed E-state index contributed by atoms with van der Waals surface area (Å²) in [6.45, 7) is 2.70. The molecule has 0 spiro atoms. The van der Waals surface area contributed by atoms with Gasteiger partial charge in [0.2, 0.25) is 0 Å². The second kappa shape index (κ2) is 11.9. The second-order valence-corrected chi connectivity index (χ2v) is 11.1. The van der Waals surface area contributed by atoms with E-state index in [0.29, 0.717) is 22.5 Å². The molecule has 0 bridgehead atoms. The van der Waals surface area contributed by atoms with Crippen LogP contribution in [0.1, 0.15) is 35.3 Å². The Kier molecular flexibility index (Phi) is 7.69. The molecule has 6 nitrogen and oxygen atoms in total. The van der Waals surface area contributed by atoms with Crippen LogP contribution in [0.5, 0.6) is 0 Å². The number of benzene rings is 4. The van der Waals surface area contributed by atoms with Crippen LogP contribution in [0.25, 0.3) is 11.1 Å². The average Bonchev–Trinajstić information content (AvgIpc) is 3.01. The lowest BCUT2D eigenvalue weighted by molar-refractivity contribution is -0.113. The summed E-state index contributed by atoms with van der Waals surface area (Å²) < 4.78 is 0. The highest BCUT2D eigenvalue weighted by Crippen LogP contribution is 2.40. The molecule has 1 unspecified atom stereocenters. The van der Waals surface area contributed by atoms with E-state index in [-0.39, 0.29) is 17.9 Å². The van der Waals surface area contributed by atoms with Gasteiger partial charge in [0.25, 0.3) is 11.8 Å². The molecule has 1 fully saturated rings. The van der Waals surface area contributed by atoms with Gasteiger partial charge in [-0.15, -0.1) is 0 Å². The zero-order chi connectivity index (χ0) is 28.2. The monoisotopic (exact) mass is 558 g/mol. The highest BCUT2D eigenvalue weighted by Gasteiger charge is 2.37. The number of allylic oxidation sites excluding steroid dienone is 1. The number of amides is 2. The average molecular weight is 559 g/mol. The number of carbonyl (C=O) groups is 2. The number of nitrogens with zero attached hydrogens (tertiary/aromatic N) is 2. The van der Waals surface area contributed by atoms with Crippen molar-refractivity contribution in [3.05, 3.63) is 132 Å². The number of para-hydroxylation sites is 1. The summed E-state index contributed by atoms with van der Waals surface area (Å²) in [5.74, 6) is 0.639. The molecule has 2 aliphatic heterocycles. The fourth-order valence-electron chi connectivity index (χ4n) is 5.26. The molecule has 0 aliphatic carbocycles. The van der Waals surface area contributed by atoms with Gasteiger partial charge in [-0.3, -0.25) is 9.59 Å². The molecular weight excluding hydrogens is 528 g/mol. The molecule has 2 heterocycles. The van der Waals surface area contributed by atoms with E-state index < -0.39 is 0 Å². The number of rotatable bonds is 6. The van der Waals surface area contributed by atoms with E-state index in [9.17, 15) is 9.59 Å². The molecule has 0 radical (unpaired) electrons.